The van der Waals surface area contributed by atoms with Gasteiger partial charge in [-0.1, -0.05) is 6.07 Å². The molecule has 20 heavy (non-hydrogen) atoms. The van der Waals surface area contributed by atoms with Gasteiger partial charge in [-0.2, -0.15) is 30.7 Å². The van der Waals surface area contributed by atoms with E-state index in [1.807, 2.05) is 0 Å². The van der Waals surface area contributed by atoms with Gasteiger partial charge in [-0.05, 0) is 12.1 Å². The maximum absolute atomic E-state index is 12.6. The minimum Gasteiger partial charge on any atom is -0.435 e. The van der Waals surface area contributed by atoms with E-state index in [9.17, 15) is 35.5 Å². The Kier molecular flexibility index (Phi) is 4.46. The van der Waals surface area contributed by atoms with E-state index in [-0.39, 0.29) is 0 Å². The fourth-order valence-corrected chi connectivity index (χ4v) is 1.09. The highest BCUT2D eigenvalue weighted by Gasteiger charge is 2.63. The highest BCUT2D eigenvalue weighted by atomic mass is 19.4. The smallest absolute Gasteiger partial charge is 0.435 e. The number of carbonyl (C=O) groups excluding carboxylic acids is 1. The van der Waals surface area contributed by atoms with E-state index in [1.165, 1.54) is 5.32 Å². The molecular weight excluding hydrogens is 299 g/mol. The molecule has 0 fully saturated rings. The number of ether oxygens (including phenoxy) is 1. The average molecular weight is 305 g/mol. The van der Waals surface area contributed by atoms with E-state index in [0.29, 0.717) is 6.07 Å². The number of rotatable bonds is 4. The molecule has 0 aliphatic heterocycles. The standard InChI is InChI=1S/C10H6F7NO2/c11-8(12)20-6-3-1-2-5(4-6)18-7(19)9(13,14)10(15,16)17/h1-4,8H,(H,18,19). The van der Waals surface area contributed by atoms with E-state index >= 15 is 0 Å². The summed E-state index contributed by atoms with van der Waals surface area (Å²) in [6.45, 7) is -3.21. The fraction of sp³-hybridized carbons (Fsp3) is 0.300. The van der Waals surface area contributed by atoms with E-state index in [4.69, 9.17) is 0 Å². The molecule has 0 saturated carbocycles. The van der Waals surface area contributed by atoms with E-state index < -0.39 is 36.1 Å². The highest BCUT2D eigenvalue weighted by Crippen LogP contribution is 2.36. The fourth-order valence-electron chi connectivity index (χ4n) is 1.09. The van der Waals surface area contributed by atoms with Gasteiger partial charge in [0, 0.05) is 11.8 Å². The molecule has 1 amide bonds. The van der Waals surface area contributed by atoms with E-state index in [0.717, 1.165) is 18.2 Å². The Hall–Kier alpha value is -2.00. The van der Waals surface area contributed by atoms with Crippen LogP contribution in [0, 0.1) is 0 Å². The van der Waals surface area contributed by atoms with Crippen molar-refractivity contribution < 1.29 is 40.3 Å². The van der Waals surface area contributed by atoms with E-state index in [1.54, 1.807) is 0 Å². The number of amides is 1. The number of halogens is 7. The lowest BCUT2D eigenvalue weighted by molar-refractivity contribution is -0.267. The van der Waals surface area contributed by atoms with Gasteiger partial charge in [0.1, 0.15) is 5.75 Å². The predicted molar refractivity (Wildman–Crippen MR) is 52.7 cm³/mol. The van der Waals surface area contributed by atoms with Crippen molar-refractivity contribution >= 4 is 11.6 Å². The van der Waals surface area contributed by atoms with Gasteiger partial charge in [-0.15, -0.1) is 0 Å². The third kappa shape index (κ3) is 3.75. The van der Waals surface area contributed by atoms with Gasteiger partial charge in [-0.25, -0.2) is 0 Å². The molecule has 112 valence electrons. The molecule has 0 aromatic heterocycles. The zero-order chi connectivity index (χ0) is 15.6. The number of hydrogen-bond acceptors (Lipinski definition) is 2. The van der Waals surface area contributed by atoms with Crippen LogP contribution in [0.15, 0.2) is 24.3 Å². The first-order valence-electron chi connectivity index (χ1n) is 4.85. The van der Waals surface area contributed by atoms with Gasteiger partial charge in [0.2, 0.25) is 0 Å². The van der Waals surface area contributed by atoms with Crippen LogP contribution >= 0.6 is 0 Å². The van der Waals surface area contributed by atoms with Crippen LogP contribution in [0.5, 0.6) is 5.75 Å². The SMILES string of the molecule is O=C(Nc1cccc(OC(F)F)c1)C(F)(F)C(F)(F)F. The molecule has 0 unspecified atom stereocenters. The summed E-state index contributed by atoms with van der Waals surface area (Å²) in [5.41, 5.74) is -0.544. The quantitative estimate of drug-likeness (QED) is 0.866. The van der Waals surface area contributed by atoms with Crippen LogP contribution in [0.2, 0.25) is 0 Å². The summed E-state index contributed by atoms with van der Waals surface area (Å²) in [6.07, 6.45) is -6.06. The van der Waals surface area contributed by atoms with Crippen LogP contribution in [-0.2, 0) is 4.79 Å². The van der Waals surface area contributed by atoms with Crippen LogP contribution in [0.4, 0.5) is 36.4 Å². The molecule has 0 spiro atoms. The van der Waals surface area contributed by atoms with Crippen molar-refractivity contribution in [3.05, 3.63) is 24.3 Å². The molecule has 0 heterocycles. The van der Waals surface area contributed by atoms with Gasteiger partial charge >= 0.3 is 24.6 Å². The highest BCUT2D eigenvalue weighted by molar-refractivity contribution is 5.96. The largest absolute Gasteiger partial charge is 0.463 e. The second kappa shape index (κ2) is 5.55. The number of nitrogens with one attached hydrogen (secondary N) is 1. The predicted octanol–water partition coefficient (Wildman–Crippen LogP) is 3.42. The molecule has 10 heteroatoms. The second-order valence-corrected chi connectivity index (χ2v) is 3.43. The Morgan fingerprint density at radius 1 is 1.15 bits per heavy atom. The van der Waals surface area contributed by atoms with Gasteiger partial charge in [0.05, 0.1) is 0 Å². The summed E-state index contributed by atoms with van der Waals surface area (Å²) >= 11 is 0. The first-order valence-corrected chi connectivity index (χ1v) is 4.85. The molecule has 1 rings (SSSR count). The molecule has 0 radical (unpaired) electrons. The Balaban J connectivity index is 2.86. The number of benzene rings is 1. The van der Waals surface area contributed by atoms with Crippen molar-refractivity contribution in [2.75, 3.05) is 5.32 Å². The van der Waals surface area contributed by atoms with E-state index in [2.05, 4.69) is 4.74 Å². The van der Waals surface area contributed by atoms with Crippen molar-refractivity contribution in [3.63, 3.8) is 0 Å². The molecule has 1 aromatic rings. The Labute approximate surface area is 107 Å². The lowest BCUT2D eigenvalue weighted by Crippen LogP contribution is -2.47. The minimum absolute atomic E-state index is 0.506. The summed E-state index contributed by atoms with van der Waals surface area (Å²) in [6, 6.07) is 3.64. The average Bonchev–Trinajstić information content (AvgIpc) is 2.26. The normalized spacial score (nSPS) is 12.4. The van der Waals surface area contributed by atoms with Gasteiger partial charge in [-0.3, -0.25) is 4.79 Å². The molecule has 0 saturated heterocycles. The summed E-state index contributed by atoms with van der Waals surface area (Å²) < 4.78 is 88.6. The lowest BCUT2D eigenvalue weighted by atomic mass is 10.2. The molecule has 3 nitrogen and oxygen atoms in total. The molecule has 0 atom stereocenters. The Morgan fingerprint density at radius 3 is 2.25 bits per heavy atom. The second-order valence-electron chi connectivity index (χ2n) is 3.43. The van der Waals surface area contributed by atoms with Gasteiger partial charge in [0.25, 0.3) is 0 Å². The number of alkyl halides is 7. The molecule has 0 aliphatic rings. The summed E-state index contributed by atoms with van der Waals surface area (Å²) in [5.74, 6) is -8.74. The Morgan fingerprint density at radius 2 is 1.75 bits per heavy atom. The number of carbonyl (C=O) groups is 1. The van der Waals surface area contributed by atoms with Gasteiger partial charge < -0.3 is 10.1 Å². The van der Waals surface area contributed by atoms with Crippen LogP contribution < -0.4 is 10.1 Å². The molecule has 0 aliphatic carbocycles. The first-order chi connectivity index (χ1) is 9.04. The van der Waals surface area contributed by atoms with Crippen molar-refractivity contribution in [2.45, 2.75) is 18.7 Å². The first kappa shape index (κ1) is 16.1. The minimum atomic E-state index is -6.06. The summed E-state index contributed by atoms with van der Waals surface area (Å²) in [4.78, 5) is 10.8. The maximum atomic E-state index is 12.6. The zero-order valence-electron chi connectivity index (χ0n) is 9.35. The Bertz CT molecular complexity index is 487. The summed E-state index contributed by atoms with van der Waals surface area (Å²) in [7, 11) is 0. The van der Waals surface area contributed by atoms with Crippen molar-refractivity contribution in [1.29, 1.82) is 0 Å². The third-order valence-corrected chi connectivity index (χ3v) is 1.96. The van der Waals surface area contributed by atoms with Crippen molar-refractivity contribution in [1.82, 2.24) is 0 Å². The van der Waals surface area contributed by atoms with Crippen LogP contribution in [0.1, 0.15) is 0 Å². The molecule has 0 bridgehead atoms. The van der Waals surface area contributed by atoms with Crippen molar-refractivity contribution in [2.24, 2.45) is 0 Å². The van der Waals surface area contributed by atoms with Crippen molar-refractivity contribution in [3.8, 4) is 5.75 Å². The zero-order valence-corrected chi connectivity index (χ0v) is 9.35. The van der Waals surface area contributed by atoms with Crippen LogP contribution in [0.25, 0.3) is 0 Å². The van der Waals surface area contributed by atoms with Crippen LogP contribution in [0.3, 0.4) is 0 Å². The molecule has 1 N–H and O–H groups in total. The van der Waals surface area contributed by atoms with Crippen LogP contribution in [-0.4, -0.2) is 24.6 Å². The lowest BCUT2D eigenvalue weighted by Gasteiger charge is -2.18. The monoisotopic (exact) mass is 305 g/mol. The maximum Gasteiger partial charge on any atom is 0.463 e. The number of hydrogen-bond donors (Lipinski definition) is 1. The summed E-state index contributed by atoms with van der Waals surface area (Å²) in [5, 5.41) is 1.27. The topological polar surface area (TPSA) is 38.3 Å². The molecule has 1 aromatic carbocycles. The third-order valence-electron chi connectivity index (χ3n) is 1.96. The molecular formula is C10H6F7NO2. The van der Waals surface area contributed by atoms with Gasteiger partial charge in [0.15, 0.2) is 0 Å². The number of anilines is 1.